The molecule has 11 atom stereocenters. The van der Waals surface area contributed by atoms with E-state index < -0.39 is 26.8 Å². The third kappa shape index (κ3) is 6.18. The van der Waals surface area contributed by atoms with Gasteiger partial charge < -0.3 is 24.9 Å². The van der Waals surface area contributed by atoms with Gasteiger partial charge in [-0.1, -0.05) is 39.0 Å². The molecule has 2 aromatic rings. The van der Waals surface area contributed by atoms with Crippen LogP contribution < -0.4 is 9.64 Å². The Hall–Kier alpha value is -2.70. The topological polar surface area (TPSA) is 163 Å². The lowest BCUT2D eigenvalue weighted by atomic mass is 9.43. The van der Waals surface area contributed by atoms with Crippen molar-refractivity contribution in [1.29, 1.82) is 0 Å². The molecule has 0 spiro atoms. The summed E-state index contributed by atoms with van der Waals surface area (Å²) in [6.45, 7) is 8.51. The molecule has 0 aliphatic heterocycles. The van der Waals surface area contributed by atoms with Crippen LogP contribution in [0.4, 0.5) is 0 Å². The smallest absolute Gasteiger partial charge is 0.415 e. The number of aromatic nitrogens is 2. The predicted octanol–water partition coefficient (Wildman–Crippen LogP) is 4.86. The van der Waals surface area contributed by atoms with E-state index in [0.29, 0.717) is 41.9 Å². The Balaban J connectivity index is 1.02. The maximum Gasteiger partial charge on any atom is 0.415 e. The summed E-state index contributed by atoms with van der Waals surface area (Å²) in [5.41, 5.74) is 0.317. The largest absolute Gasteiger partial charge is 0.459 e. The first kappa shape index (κ1) is 34.2. The molecule has 260 valence electrons. The number of hydrogen-bond acceptors (Lipinski definition) is 10. The van der Waals surface area contributed by atoms with Crippen molar-refractivity contribution in [3.8, 4) is 5.88 Å². The highest BCUT2D eigenvalue weighted by Gasteiger charge is 2.62. The van der Waals surface area contributed by atoms with Gasteiger partial charge in [-0.05, 0) is 128 Å². The molecular weight excluding hydrogens is 624 g/mol. The van der Waals surface area contributed by atoms with E-state index >= 15 is 0 Å². The van der Waals surface area contributed by atoms with Gasteiger partial charge in [0.05, 0.1) is 22.3 Å². The van der Waals surface area contributed by atoms with E-state index in [4.69, 9.17) is 9.47 Å². The van der Waals surface area contributed by atoms with E-state index in [1.54, 1.807) is 13.0 Å². The van der Waals surface area contributed by atoms with Crippen LogP contribution >= 0.6 is 0 Å². The fourth-order valence-corrected chi connectivity index (χ4v) is 11.8. The highest BCUT2D eigenvalue weighted by molar-refractivity contribution is 7.91. The fourth-order valence-electron chi connectivity index (χ4n) is 10.5. The molecule has 2 unspecified atom stereocenters. The second kappa shape index (κ2) is 13.0. The van der Waals surface area contributed by atoms with Crippen LogP contribution in [0.2, 0.25) is 0 Å². The molecule has 1 aromatic carbocycles. The predicted molar refractivity (Wildman–Crippen MR) is 169 cm³/mol. The molecule has 4 aliphatic rings. The number of hydrogen-bond donors (Lipinski definition) is 2. The zero-order valence-corrected chi connectivity index (χ0v) is 28.7. The maximum atomic E-state index is 13.0. The Morgan fingerprint density at radius 3 is 2.51 bits per heavy atom. The van der Waals surface area contributed by atoms with Crippen molar-refractivity contribution in [2.45, 2.75) is 120 Å². The summed E-state index contributed by atoms with van der Waals surface area (Å²) in [4.78, 5) is 12.6. The molecule has 11 nitrogen and oxygen atoms in total. The van der Waals surface area contributed by atoms with Gasteiger partial charge in [0.15, 0.2) is 0 Å². The molecule has 0 radical (unpaired) electrons. The maximum absolute atomic E-state index is 13.0. The summed E-state index contributed by atoms with van der Waals surface area (Å²) in [6, 6.07) is 7.43. The summed E-state index contributed by atoms with van der Waals surface area (Å²) >= 11 is 0. The number of nitrogens with zero attached hydrogens (tertiary/aromatic N) is 2. The van der Waals surface area contributed by atoms with Crippen LogP contribution in [0.1, 0.15) is 91.9 Å². The van der Waals surface area contributed by atoms with Gasteiger partial charge in [-0.3, -0.25) is 9.42 Å². The number of aliphatic hydroxyl groups excluding tert-OH is 2. The van der Waals surface area contributed by atoms with E-state index in [-0.39, 0.29) is 51.8 Å². The van der Waals surface area contributed by atoms with E-state index in [0.717, 1.165) is 51.4 Å². The zero-order valence-electron chi connectivity index (χ0n) is 27.9. The summed E-state index contributed by atoms with van der Waals surface area (Å²) in [5.74, 6) is 1.58. The lowest BCUT2D eigenvalue weighted by Gasteiger charge is -2.62. The Kier molecular flexibility index (Phi) is 9.43. The molecule has 47 heavy (non-hydrogen) atoms. The van der Waals surface area contributed by atoms with E-state index in [9.17, 15) is 28.6 Å². The van der Waals surface area contributed by atoms with Crippen LogP contribution in [0.25, 0.3) is 0 Å². The minimum absolute atomic E-state index is 0.107. The molecule has 12 heteroatoms. The van der Waals surface area contributed by atoms with Crippen LogP contribution in [0.5, 0.6) is 5.88 Å². The molecule has 6 rings (SSSR count). The summed E-state index contributed by atoms with van der Waals surface area (Å²) in [6.07, 6.45) is 7.66. The fraction of sp³-hybridized carbons (Fsp3) is 0.743. The first-order chi connectivity index (χ1) is 22.3. The monoisotopic (exact) mass is 674 g/mol. The minimum Gasteiger partial charge on any atom is -0.459 e. The van der Waals surface area contributed by atoms with Crippen molar-refractivity contribution < 1.29 is 42.4 Å². The van der Waals surface area contributed by atoms with Crippen LogP contribution in [0.15, 0.2) is 44.9 Å². The second-order valence-electron chi connectivity index (χ2n) is 15.4. The number of carbonyl (C=O) groups excluding carboxylic acids is 1. The molecular formula is C35H50N2O9S. The van der Waals surface area contributed by atoms with Crippen molar-refractivity contribution in [2.75, 3.05) is 6.61 Å². The van der Waals surface area contributed by atoms with Crippen molar-refractivity contribution in [1.82, 2.24) is 5.16 Å². The zero-order chi connectivity index (χ0) is 33.7. The lowest BCUT2D eigenvalue weighted by Crippen LogP contribution is -2.58. The van der Waals surface area contributed by atoms with E-state index in [1.807, 2.05) is 0 Å². The number of esters is 1. The van der Waals surface area contributed by atoms with Crippen LogP contribution in [-0.4, -0.2) is 54.7 Å². The molecule has 4 fully saturated rings. The average Bonchev–Trinajstić information content (AvgIpc) is 3.59. The van der Waals surface area contributed by atoms with Crippen molar-refractivity contribution in [2.24, 2.45) is 46.3 Å². The Morgan fingerprint density at radius 2 is 1.77 bits per heavy atom. The van der Waals surface area contributed by atoms with Gasteiger partial charge in [0.25, 0.3) is 9.84 Å². The quantitative estimate of drug-likeness (QED) is 0.263. The SMILES string of the molecule is CC(COc1no[n+]([O-])c1S(=O)(=O)c1ccccc1)OC(=O)CC[C@@H](C)[C@H]1CC[C@H]2C3[C@@H](O)C[C@@H]4C[C@H](O)CC[C@]4(C)[C@H]3CC[C@]12C. The molecule has 0 saturated heterocycles. The number of rotatable bonds is 10. The third-order valence-corrected chi connectivity index (χ3v) is 14.6. The van der Waals surface area contributed by atoms with E-state index in [1.165, 1.54) is 24.3 Å². The normalized spacial score (nSPS) is 36.4. The Morgan fingerprint density at radius 1 is 1.06 bits per heavy atom. The Labute approximate surface area is 277 Å². The van der Waals surface area contributed by atoms with Crippen molar-refractivity contribution in [3.63, 3.8) is 0 Å². The van der Waals surface area contributed by atoms with Crippen molar-refractivity contribution >= 4 is 15.8 Å². The molecule has 0 amide bonds. The number of benzene rings is 1. The molecule has 1 aromatic heterocycles. The lowest BCUT2D eigenvalue weighted by molar-refractivity contribution is -0.832. The number of aliphatic hydroxyl groups is 2. The van der Waals surface area contributed by atoms with E-state index in [2.05, 4.69) is 30.6 Å². The van der Waals surface area contributed by atoms with Gasteiger partial charge in [-0.25, -0.2) is 8.42 Å². The minimum atomic E-state index is -4.25. The molecule has 1 heterocycles. The van der Waals surface area contributed by atoms with Gasteiger partial charge in [0, 0.05) is 6.42 Å². The third-order valence-electron chi connectivity index (χ3n) is 12.9. The first-order valence-corrected chi connectivity index (χ1v) is 18.8. The van der Waals surface area contributed by atoms with Crippen LogP contribution in [0.3, 0.4) is 0 Å². The Bertz CT molecular complexity index is 1530. The van der Waals surface area contributed by atoms with Crippen LogP contribution in [0, 0.1) is 51.5 Å². The number of carbonyl (C=O) groups is 1. The average molecular weight is 675 g/mol. The molecule has 2 N–H and O–H groups in total. The van der Waals surface area contributed by atoms with Gasteiger partial charge >= 0.3 is 16.9 Å². The summed E-state index contributed by atoms with van der Waals surface area (Å²) in [5, 5.41) is 36.7. The number of sulfone groups is 1. The van der Waals surface area contributed by atoms with Gasteiger partial charge in [-0.2, -0.15) is 0 Å². The second-order valence-corrected chi connectivity index (χ2v) is 17.3. The molecule has 4 aliphatic carbocycles. The van der Waals surface area contributed by atoms with Crippen LogP contribution in [-0.2, 0) is 19.4 Å². The number of ether oxygens (including phenoxy) is 2. The molecule has 0 bridgehead atoms. The van der Waals surface area contributed by atoms with Gasteiger partial charge in [-0.15, -0.1) is 0 Å². The standard InChI is InChI=1S/C35H50N2O9S/c1-21(26-11-12-27-31-28(15-17-35(26,27)4)34(3)16-14-24(38)18-23(34)19-29(31)39)10-13-30(40)45-22(2)20-44-32-33(37(41)46-36-32)47(42,43)25-8-6-5-7-9-25/h5-9,21-24,26-29,31,38-39H,10-20H2,1-4H3/t21-,22?,23+,24-,26-,27+,28+,29+,31?,34+,35-/m1/s1. The highest BCUT2D eigenvalue weighted by Crippen LogP contribution is 2.68. The summed E-state index contributed by atoms with van der Waals surface area (Å²) in [7, 11) is -4.25. The van der Waals surface area contributed by atoms with Gasteiger partial charge in [0.2, 0.25) is 0 Å². The van der Waals surface area contributed by atoms with Crippen molar-refractivity contribution in [3.05, 3.63) is 35.5 Å². The van der Waals surface area contributed by atoms with Gasteiger partial charge in [0.1, 0.15) is 12.7 Å². The molecule has 4 saturated carbocycles. The highest BCUT2D eigenvalue weighted by atomic mass is 32.2. The summed E-state index contributed by atoms with van der Waals surface area (Å²) < 4.78 is 41.6. The first-order valence-electron chi connectivity index (χ1n) is 17.3. The number of fused-ring (bicyclic) bond motifs is 5.